The van der Waals surface area contributed by atoms with Gasteiger partial charge in [-0.05, 0) is 115 Å². The Bertz CT molecular complexity index is 3150. The standard InChI is InChI=1S/C28H26F4N4O3.C27H23F4N5O2/c29-24-15-20(25(37)17-34-26(38)28(30,31)32)6-7-22(24)18-36(27(39)35-13-2-1-3-14-35)23-10-8-19(9-11-23)21-5-4-12-33-16-21;28-23-15-19(24-33-34-25(38-24)27(29,30)31)6-7-21(23)17-36(26(37)35-13-2-1-3-14-35)22-10-8-18(9-11-22)20-5-4-12-32-16-20/h4-12,15-16H,1-3,13-14,17-18H2,(H,34,38);4-12,15-16H,1-3,13-14,17H2. The number of Topliss-reactive ketones (excluding diaryl/α,β-unsaturated/α-hetero) is 1. The minimum Gasteiger partial charge on any atom is -0.413 e. The molecule has 0 atom stereocenters. The van der Waals surface area contributed by atoms with Gasteiger partial charge in [0.2, 0.25) is 5.89 Å². The van der Waals surface area contributed by atoms with E-state index in [0.29, 0.717) is 37.6 Å². The van der Waals surface area contributed by atoms with Crippen molar-refractivity contribution < 1.29 is 58.7 Å². The second-order valence-electron chi connectivity index (χ2n) is 18.0. The Morgan fingerprint density at radius 2 is 1.03 bits per heavy atom. The number of aromatic nitrogens is 4. The van der Waals surface area contributed by atoms with E-state index >= 15 is 8.78 Å². The summed E-state index contributed by atoms with van der Waals surface area (Å²) in [6, 6.07) is 28.8. The molecule has 0 radical (unpaired) electrons. The second kappa shape index (κ2) is 24.4. The van der Waals surface area contributed by atoms with Crippen LogP contribution in [0.3, 0.4) is 0 Å². The summed E-state index contributed by atoms with van der Waals surface area (Å²) in [6.45, 7) is 1.26. The maximum atomic E-state index is 15.2. The molecule has 1 N–H and O–H groups in total. The molecule has 2 aliphatic heterocycles. The van der Waals surface area contributed by atoms with Gasteiger partial charge in [0.1, 0.15) is 11.6 Å². The molecule has 9 rings (SSSR count). The van der Waals surface area contributed by atoms with Crippen molar-refractivity contribution in [2.75, 3.05) is 42.5 Å². The fourth-order valence-corrected chi connectivity index (χ4v) is 8.60. The number of nitrogens with zero attached hydrogens (tertiary/aromatic N) is 8. The predicted molar refractivity (Wildman–Crippen MR) is 268 cm³/mol. The average Bonchev–Trinajstić information content (AvgIpc) is 3.98. The summed E-state index contributed by atoms with van der Waals surface area (Å²) in [7, 11) is 0. The monoisotopic (exact) mass is 1070 g/mol. The molecule has 3 aromatic heterocycles. The third-order valence-corrected chi connectivity index (χ3v) is 12.7. The van der Waals surface area contributed by atoms with Crippen LogP contribution in [0.2, 0.25) is 0 Å². The van der Waals surface area contributed by atoms with Gasteiger partial charge in [-0.1, -0.05) is 54.6 Å². The van der Waals surface area contributed by atoms with Gasteiger partial charge in [0.15, 0.2) is 5.78 Å². The number of anilines is 2. The van der Waals surface area contributed by atoms with Crippen LogP contribution in [0.1, 0.15) is 65.9 Å². The number of ketones is 1. The fraction of sp³-hybridized carbons (Fsp3) is 0.273. The summed E-state index contributed by atoms with van der Waals surface area (Å²) < 4.78 is 110. The number of hydrogen-bond acceptors (Lipinski definition) is 9. The van der Waals surface area contributed by atoms with Gasteiger partial charge >= 0.3 is 36.2 Å². The van der Waals surface area contributed by atoms with Crippen LogP contribution in [0.15, 0.2) is 138 Å². The average molecular weight is 1070 g/mol. The van der Waals surface area contributed by atoms with Crippen molar-refractivity contribution in [2.24, 2.45) is 0 Å². The molecule has 2 aliphatic rings. The van der Waals surface area contributed by atoms with Crippen molar-refractivity contribution in [3.05, 3.63) is 168 Å². The van der Waals surface area contributed by atoms with Crippen molar-refractivity contribution in [3.8, 4) is 33.7 Å². The third-order valence-electron chi connectivity index (χ3n) is 12.7. The van der Waals surface area contributed by atoms with Gasteiger partial charge in [0.05, 0.1) is 19.6 Å². The largest absolute Gasteiger partial charge is 0.471 e. The number of hydrogen-bond donors (Lipinski definition) is 1. The van der Waals surface area contributed by atoms with Gasteiger partial charge in [-0.15, -0.1) is 10.2 Å². The summed E-state index contributed by atoms with van der Waals surface area (Å²) in [4.78, 5) is 64.9. The van der Waals surface area contributed by atoms with Crippen LogP contribution in [0, 0.1) is 11.6 Å². The maximum Gasteiger partial charge on any atom is 0.471 e. The van der Waals surface area contributed by atoms with Crippen LogP contribution in [0.4, 0.5) is 56.1 Å². The van der Waals surface area contributed by atoms with Crippen LogP contribution in [0.25, 0.3) is 33.7 Å². The van der Waals surface area contributed by atoms with Crippen LogP contribution in [-0.2, 0) is 24.1 Å². The number of amides is 5. The fourth-order valence-electron chi connectivity index (χ4n) is 8.60. The van der Waals surface area contributed by atoms with E-state index in [1.807, 2.05) is 48.5 Å². The zero-order chi connectivity index (χ0) is 54.7. The molecule has 2 fully saturated rings. The van der Waals surface area contributed by atoms with Crippen molar-refractivity contribution in [3.63, 3.8) is 0 Å². The Hall–Kier alpha value is -8.56. The lowest BCUT2D eigenvalue weighted by molar-refractivity contribution is -0.173. The van der Waals surface area contributed by atoms with Gasteiger partial charge in [-0.25, -0.2) is 18.4 Å². The van der Waals surface area contributed by atoms with Crippen molar-refractivity contribution in [2.45, 2.75) is 64.0 Å². The number of rotatable bonds is 12. The number of nitrogens with one attached hydrogen (secondary N) is 1. The normalized spacial score (nSPS) is 13.8. The van der Waals surface area contributed by atoms with Crippen molar-refractivity contribution >= 4 is 35.1 Å². The van der Waals surface area contributed by atoms with E-state index in [4.69, 9.17) is 0 Å². The van der Waals surface area contributed by atoms with Gasteiger partial charge in [-0.2, -0.15) is 26.3 Å². The molecule has 4 aromatic carbocycles. The predicted octanol–water partition coefficient (Wildman–Crippen LogP) is 11.9. The Kier molecular flexibility index (Phi) is 17.3. The van der Waals surface area contributed by atoms with Gasteiger partial charge < -0.3 is 19.5 Å². The number of benzene rings is 4. The van der Waals surface area contributed by atoms with Gasteiger partial charge in [0.25, 0.3) is 0 Å². The zero-order valence-electron chi connectivity index (χ0n) is 41.0. The minimum atomic E-state index is -5.13. The molecule has 2 saturated heterocycles. The SMILES string of the molecule is O=C(CNC(=O)C(F)(F)F)c1ccc(CN(C(=O)N2CCCCC2)c2ccc(-c3cccnc3)cc2)c(F)c1.O=C(N1CCCCC1)N(Cc1ccc(-c2nnc(C(F)(F)F)o2)cc1F)c1ccc(-c2cccnc2)cc1. The number of likely N-dealkylation sites (tertiary alicyclic amines) is 2. The number of urea groups is 2. The molecule has 7 aromatic rings. The number of carbonyl (C=O) groups is 4. The summed E-state index contributed by atoms with van der Waals surface area (Å²) in [6.07, 6.45) is 2.49. The summed E-state index contributed by atoms with van der Waals surface area (Å²) in [5.74, 6) is -6.61. The highest BCUT2D eigenvalue weighted by atomic mass is 19.4. The van der Waals surface area contributed by atoms with Crippen molar-refractivity contribution in [1.82, 2.24) is 35.3 Å². The molecular formula is C55H49F8N9O5. The van der Waals surface area contributed by atoms with Gasteiger partial charge in [0, 0.05) is 84.6 Å². The molecular weight excluding hydrogens is 1020 g/mol. The topological polar surface area (TPSA) is 158 Å². The molecule has 0 bridgehead atoms. The smallest absolute Gasteiger partial charge is 0.413 e. The van der Waals surface area contributed by atoms with E-state index in [2.05, 4.69) is 24.6 Å². The number of carbonyl (C=O) groups excluding carboxylic acids is 4. The molecule has 400 valence electrons. The number of alkyl halides is 6. The minimum absolute atomic E-state index is 0.00369. The molecule has 5 heterocycles. The van der Waals surface area contributed by atoms with E-state index in [1.54, 1.807) is 58.9 Å². The second-order valence-corrected chi connectivity index (χ2v) is 18.0. The number of piperidine rings is 2. The maximum absolute atomic E-state index is 15.2. The molecule has 0 saturated carbocycles. The summed E-state index contributed by atoms with van der Waals surface area (Å²) >= 11 is 0. The third kappa shape index (κ3) is 14.0. The van der Waals surface area contributed by atoms with E-state index in [-0.39, 0.29) is 47.4 Å². The van der Waals surface area contributed by atoms with Gasteiger partial charge in [-0.3, -0.25) is 29.4 Å². The first-order valence-electron chi connectivity index (χ1n) is 24.4. The highest BCUT2D eigenvalue weighted by Crippen LogP contribution is 2.33. The highest BCUT2D eigenvalue weighted by Gasteiger charge is 2.39. The first kappa shape index (κ1) is 54.7. The molecule has 0 spiro atoms. The lowest BCUT2D eigenvalue weighted by Gasteiger charge is -2.33. The lowest BCUT2D eigenvalue weighted by atomic mass is 10.1. The molecule has 5 amide bonds. The molecule has 14 nitrogen and oxygen atoms in total. The first-order chi connectivity index (χ1) is 36.9. The molecule has 0 aliphatic carbocycles. The van der Waals surface area contributed by atoms with Crippen LogP contribution in [0.5, 0.6) is 0 Å². The van der Waals surface area contributed by atoms with E-state index in [1.165, 1.54) is 39.4 Å². The van der Waals surface area contributed by atoms with Crippen LogP contribution in [-0.4, -0.2) is 92.6 Å². The van der Waals surface area contributed by atoms with E-state index in [9.17, 15) is 45.5 Å². The van der Waals surface area contributed by atoms with E-state index in [0.717, 1.165) is 72.9 Å². The highest BCUT2D eigenvalue weighted by molar-refractivity contribution is 6.00. The molecule has 0 unspecified atom stereocenters. The Morgan fingerprint density at radius 3 is 1.44 bits per heavy atom. The Balaban J connectivity index is 0.000000204. The van der Waals surface area contributed by atoms with Crippen LogP contribution < -0.4 is 15.1 Å². The van der Waals surface area contributed by atoms with Crippen LogP contribution >= 0.6 is 0 Å². The zero-order valence-corrected chi connectivity index (χ0v) is 41.0. The Morgan fingerprint density at radius 1 is 0.558 bits per heavy atom. The number of halogens is 8. The molecule has 22 heteroatoms. The summed E-state index contributed by atoms with van der Waals surface area (Å²) in [5.41, 5.74) is 4.87. The molecule has 77 heavy (non-hydrogen) atoms. The lowest BCUT2D eigenvalue weighted by Crippen LogP contribution is -2.45. The van der Waals surface area contributed by atoms with Crippen molar-refractivity contribution in [1.29, 1.82) is 0 Å². The summed E-state index contributed by atoms with van der Waals surface area (Å²) in [5, 5.41) is 7.84. The number of pyridine rings is 2. The quantitative estimate of drug-likeness (QED) is 0.0929. The van der Waals surface area contributed by atoms with E-state index < -0.39 is 54.0 Å². The Labute approximate surface area is 436 Å². The first-order valence-corrected chi connectivity index (χ1v) is 24.4.